The lowest BCUT2D eigenvalue weighted by molar-refractivity contribution is 0.0367. The summed E-state index contributed by atoms with van der Waals surface area (Å²) in [7, 11) is 3.91. The molecular weight excluding hydrogens is 200 g/mol. The molecule has 0 saturated carbocycles. The Morgan fingerprint density at radius 2 is 2.00 bits per heavy atom. The van der Waals surface area contributed by atoms with Gasteiger partial charge in [-0.15, -0.1) is 0 Å². The molecule has 1 saturated heterocycles. The highest BCUT2D eigenvalue weighted by Gasteiger charge is 2.22. The average molecular weight is 228 g/mol. The van der Waals surface area contributed by atoms with E-state index in [-0.39, 0.29) is 0 Å². The maximum Gasteiger partial charge on any atom is 0.0595 e. The van der Waals surface area contributed by atoms with Crippen LogP contribution in [0, 0.1) is 5.92 Å². The summed E-state index contributed by atoms with van der Waals surface area (Å²) >= 11 is 0. The Labute approximate surface area is 101 Å². The molecule has 1 N–H and O–H groups in total. The van der Waals surface area contributed by atoms with Crippen LogP contribution in [0.4, 0.5) is 0 Å². The number of nitrogens with zero attached hydrogens (tertiary/aromatic N) is 1. The van der Waals surface area contributed by atoms with Gasteiger partial charge in [0.1, 0.15) is 0 Å². The van der Waals surface area contributed by atoms with E-state index >= 15 is 0 Å². The van der Waals surface area contributed by atoms with Crippen molar-refractivity contribution in [3.05, 3.63) is 0 Å². The second-order valence-electron chi connectivity index (χ2n) is 5.02. The van der Waals surface area contributed by atoms with Crippen molar-refractivity contribution >= 4 is 0 Å². The number of methoxy groups -OCH3 is 1. The first-order chi connectivity index (χ1) is 7.71. The molecule has 1 heterocycles. The van der Waals surface area contributed by atoms with Crippen molar-refractivity contribution in [2.24, 2.45) is 5.92 Å². The van der Waals surface area contributed by atoms with E-state index in [0.29, 0.717) is 12.1 Å². The number of hydrogen-bond donors (Lipinski definition) is 1. The largest absolute Gasteiger partial charge is 0.381 e. The minimum atomic E-state index is 0.493. The summed E-state index contributed by atoms with van der Waals surface area (Å²) < 4.78 is 5.40. The Balaban J connectivity index is 2.31. The normalized spacial score (nSPS) is 23.2. The summed E-state index contributed by atoms with van der Waals surface area (Å²) in [6.07, 6.45) is 4.12. The molecule has 0 aliphatic carbocycles. The molecule has 0 bridgehead atoms. The van der Waals surface area contributed by atoms with Gasteiger partial charge in [0.15, 0.2) is 0 Å². The van der Waals surface area contributed by atoms with Crippen molar-refractivity contribution in [2.45, 2.75) is 45.3 Å². The number of likely N-dealkylation sites (N-methyl/N-ethyl adjacent to an activating group) is 1. The zero-order valence-corrected chi connectivity index (χ0v) is 11.3. The molecule has 1 fully saturated rings. The molecule has 1 rings (SSSR count). The summed E-state index contributed by atoms with van der Waals surface area (Å²) in [5.41, 5.74) is 0. The third kappa shape index (κ3) is 4.04. The van der Waals surface area contributed by atoms with E-state index in [2.05, 4.69) is 31.1 Å². The quantitative estimate of drug-likeness (QED) is 0.749. The molecular formula is C13H28N2O. The van der Waals surface area contributed by atoms with Gasteiger partial charge in [0.2, 0.25) is 0 Å². The maximum atomic E-state index is 5.40. The molecule has 2 atom stereocenters. The van der Waals surface area contributed by atoms with E-state index in [1.54, 1.807) is 0 Å². The molecule has 3 heteroatoms. The zero-order chi connectivity index (χ0) is 12.0. The maximum absolute atomic E-state index is 5.40. The van der Waals surface area contributed by atoms with Crippen LogP contribution in [-0.4, -0.2) is 50.8 Å². The Bertz CT molecular complexity index is 179. The molecule has 0 spiro atoms. The van der Waals surface area contributed by atoms with Gasteiger partial charge in [0.25, 0.3) is 0 Å². The van der Waals surface area contributed by atoms with Crippen LogP contribution in [0.5, 0.6) is 0 Å². The predicted molar refractivity (Wildman–Crippen MR) is 68.8 cm³/mol. The summed E-state index contributed by atoms with van der Waals surface area (Å²) in [6, 6.07) is 0.629. The smallest absolute Gasteiger partial charge is 0.0595 e. The molecule has 0 radical (unpaired) electrons. The van der Waals surface area contributed by atoms with Gasteiger partial charge in [-0.1, -0.05) is 20.3 Å². The van der Waals surface area contributed by atoms with Gasteiger partial charge >= 0.3 is 0 Å². The second kappa shape index (κ2) is 7.25. The first kappa shape index (κ1) is 13.9. The van der Waals surface area contributed by atoms with Crippen LogP contribution in [0.3, 0.4) is 0 Å². The van der Waals surface area contributed by atoms with Gasteiger partial charge in [-0.3, -0.25) is 0 Å². The number of rotatable bonds is 6. The molecule has 3 nitrogen and oxygen atoms in total. The van der Waals surface area contributed by atoms with Crippen LogP contribution in [0.25, 0.3) is 0 Å². The van der Waals surface area contributed by atoms with Crippen molar-refractivity contribution in [1.29, 1.82) is 0 Å². The molecule has 96 valence electrons. The van der Waals surface area contributed by atoms with Gasteiger partial charge in [-0.05, 0) is 25.8 Å². The Morgan fingerprint density at radius 1 is 1.38 bits per heavy atom. The van der Waals surface area contributed by atoms with E-state index in [4.69, 9.17) is 4.74 Å². The topological polar surface area (TPSA) is 24.5 Å². The lowest BCUT2D eigenvalue weighted by atomic mass is 9.97. The van der Waals surface area contributed by atoms with Gasteiger partial charge in [0, 0.05) is 32.8 Å². The molecule has 0 aromatic heterocycles. The fourth-order valence-corrected chi connectivity index (χ4v) is 2.45. The van der Waals surface area contributed by atoms with Crippen LogP contribution in [0.15, 0.2) is 0 Å². The van der Waals surface area contributed by atoms with E-state index in [1.807, 2.05) is 7.11 Å². The number of likely N-dealkylation sites (tertiary alicyclic amines) is 1. The second-order valence-corrected chi connectivity index (χ2v) is 5.02. The summed E-state index contributed by atoms with van der Waals surface area (Å²) in [5, 5.41) is 3.45. The van der Waals surface area contributed by atoms with Crippen LogP contribution >= 0.6 is 0 Å². The SMILES string of the molecule is CCC(C)C(CN1CCC(OC)CC1)NC. The van der Waals surface area contributed by atoms with Crippen molar-refractivity contribution in [2.75, 3.05) is 33.8 Å². The van der Waals surface area contributed by atoms with Crippen molar-refractivity contribution in [3.8, 4) is 0 Å². The van der Waals surface area contributed by atoms with Crippen molar-refractivity contribution in [3.63, 3.8) is 0 Å². The Morgan fingerprint density at radius 3 is 2.44 bits per heavy atom. The lowest BCUT2D eigenvalue weighted by Crippen LogP contribution is -2.46. The molecule has 1 aliphatic heterocycles. The van der Waals surface area contributed by atoms with Crippen LogP contribution in [0.2, 0.25) is 0 Å². The fraction of sp³-hybridized carbons (Fsp3) is 1.00. The fourth-order valence-electron chi connectivity index (χ4n) is 2.45. The van der Waals surface area contributed by atoms with Gasteiger partial charge in [0.05, 0.1) is 6.10 Å². The van der Waals surface area contributed by atoms with Gasteiger partial charge in [-0.2, -0.15) is 0 Å². The minimum Gasteiger partial charge on any atom is -0.381 e. The van der Waals surface area contributed by atoms with E-state index in [0.717, 1.165) is 5.92 Å². The highest BCUT2D eigenvalue weighted by molar-refractivity contribution is 4.79. The Hall–Kier alpha value is -0.120. The lowest BCUT2D eigenvalue weighted by Gasteiger charge is -2.35. The van der Waals surface area contributed by atoms with E-state index < -0.39 is 0 Å². The zero-order valence-electron chi connectivity index (χ0n) is 11.3. The summed E-state index contributed by atoms with van der Waals surface area (Å²) in [4.78, 5) is 2.57. The number of nitrogens with one attached hydrogen (secondary N) is 1. The number of ether oxygens (including phenoxy) is 1. The molecule has 0 amide bonds. The van der Waals surface area contributed by atoms with Crippen molar-refractivity contribution < 1.29 is 4.74 Å². The third-order valence-electron chi connectivity index (χ3n) is 4.02. The number of piperidine rings is 1. The van der Waals surface area contributed by atoms with Crippen molar-refractivity contribution in [1.82, 2.24) is 10.2 Å². The van der Waals surface area contributed by atoms with Crippen LogP contribution in [0.1, 0.15) is 33.1 Å². The molecule has 2 unspecified atom stereocenters. The summed E-state index contributed by atoms with van der Waals surface area (Å²) in [5.74, 6) is 0.755. The molecule has 16 heavy (non-hydrogen) atoms. The minimum absolute atomic E-state index is 0.493. The van der Waals surface area contributed by atoms with Crippen LogP contribution in [-0.2, 0) is 4.74 Å². The van der Waals surface area contributed by atoms with Gasteiger partial charge in [-0.25, -0.2) is 0 Å². The monoisotopic (exact) mass is 228 g/mol. The molecule has 0 aromatic rings. The average Bonchev–Trinajstić information content (AvgIpc) is 2.35. The molecule has 0 aromatic carbocycles. The summed E-state index contributed by atoms with van der Waals surface area (Å²) in [6.45, 7) is 8.16. The predicted octanol–water partition coefficient (Wildman–Crippen LogP) is 1.73. The first-order valence-corrected chi connectivity index (χ1v) is 6.63. The standard InChI is InChI=1S/C13H28N2O/c1-5-11(2)13(14-3)10-15-8-6-12(16-4)7-9-15/h11-14H,5-10H2,1-4H3. The Kier molecular flexibility index (Phi) is 6.32. The van der Waals surface area contributed by atoms with Crippen LogP contribution < -0.4 is 5.32 Å². The molecule has 1 aliphatic rings. The van der Waals surface area contributed by atoms with E-state index in [1.165, 1.54) is 38.9 Å². The first-order valence-electron chi connectivity index (χ1n) is 6.63. The highest BCUT2D eigenvalue weighted by atomic mass is 16.5. The number of hydrogen-bond acceptors (Lipinski definition) is 3. The third-order valence-corrected chi connectivity index (χ3v) is 4.02. The van der Waals surface area contributed by atoms with E-state index in [9.17, 15) is 0 Å². The van der Waals surface area contributed by atoms with Gasteiger partial charge < -0.3 is 15.0 Å². The highest BCUT2D eigenvalue weighted by Crippen LogP contribution is 2.15.